The first kappa shape index (κ1) is 12.1. The maximum atomic E-state index is 11.9. The van der Waals surface area contributed by atoms with Gasteiger partial charge in [-0.05, 0) is 22.4 Å². The smallest absolute Gasteiger partial charge is 0.230 e. The number of nitrogens with zero attached hydrogens (tertiary/aromatic N) is 2. The Labute approximate surface area is 107 Å². The fourth-order valence-corrected chi connectivity index (χ4v) is 2.13. The average Bonchev–Trinajstić information content (AvgIpc) is 2.88. The molecule has 1 fully saturated rings. The minimum absolute atomic E-state index is 0.0167. The maximum Gasteiger partial charge on any atom is 0.230 e. The number of halogens is 1. The van der Waals surface area contributed by atoms with Crippen molar-refractivity contribution in [2.45, 2.75) is 13.3 Å². The Morgan fingerprint density at radius 2 is 2.41 bits per heavy atom. The zero-order valence-electron chi connectivity index (χ0n) is 9.36. The minimum Gasteiger partial charge on any atom is -0.342 e. The van der Waals surface area contributed by atoms with Crippen molar-refractivity contribution in [2.75, 3.05) is 18.4 Å². The molecule has 6 nitrogen and oxygen atoms in total. The molecular weight excluding hydrogens is 288 g/mol. The molecule has 2 amide bonds. The van der Waals surface area contributed by atoms with Gasteiger partial charge >= 0.3 is 0 Å². The predicted molar refractivity (Wildman–Crippen MR) is 65.3 cm³/mol. The van der Waals surface area contributed by atoms with Crippen LogP contribution in [0.3, 0.4) is 0 Å². The third-order valence-electron chi connectivity index (χ3n) is 2.85. The molecule has 2 rings (SSSR count). The molecule has 0 radical (unpaired) electrons. The van der Waals surface area contributed by atoms with Gasteiger partial charge in [0, 0.05) is 20.0 Å². The lowest BCUT2D eigenvalue weighted by Gasteiger charge is -2.13. The number of hydrogen-bond acceptors (Lipinski definition) is 3. The summed E-state index contributed by atoms with van der Waals surface area (Å²) < 4.78 is 0.715. The van der Waals surface area contributed by atoms with E-state index in [9.17, 15) is 9.59 Å². The summed E-state index contributed by atoms with van der Waals surface area (Å²) >= 11 is 3.27. The van der Waals surface area contributed by atoms with Crippen molar-refractivity contribution >= 4 is 33.6 Å². The fraction of sp³-hybridized carbons (Fsp3) is 0.500. The molecule has 7 heteroatoms. The predicted octanol–water partition coefficient (Wildman–Crippen LogP) is 0.979. The van der Waals surface area contributed by atoms with Gasteiger partial charge < -0.3 is 10.2 Å². The summed E-state index contributed by atoms with van der Waals surface area (Å²) in [7, 11) is 0. The van der Waals surface area contributed by atoms with Crippen molar-refractivity contribution < 1.29 is 9.59 Å². The number of anilines is 1. The van der Waals surface area contributed by atoms with Crippen molar-refractivity contribution in [3.05, 3.63) is 10.7 Å². The molecule has 1 aliphatic rings. The van der Waals surface area contributed by atoms with Crippen molar-refractivity contribution in [1.82, 2.24) is 15.1 Å². The van der Waals surface area contributed by atoms with Crippen LogP contribution in [0.4, 0.5) is 5.82 Å². The van der Waals surface area contributed by atoms with E-state index < -0.39 is 0 Å². The van der Waals surface area contributed by atoms with E-state index in [2.05, 4.69) is 31.4 Å². The van der Waals surface area contributed by atoms with Crippen LogP contribution in [0.1, 0.15) is 13.3 Å². The zero-order chi connectivity index (χ0) is 12.4. The molecule has 1 aromatic heterocycles. The van der Waals surface area contributed by atoms with Crippen LogP contribution in [0.25, 0.3) is 0 Å². The molecule has 1 saturated heterocycles. The largest absolute Gasteiger partial charge is 0.342 e. The Morgan fingerprint density at radius 3 is 2.94 bits per heavy atom. The van der Waals surface area contributed by atoms with Gasteiger partial charge in [-0.25, -0.2) is 0 Å². The Hall–Kier alpha value is -1.37. The van der Waals surface area contributed by atoms with E-state index in [1.807, 2.05) is 0 Å². The first-order valence-corrected chi connectivity index (χ1v) is 6.12. The van der Waals surface area contributed by atoms with Gasteiger partial charge in [0.25, 0.3) is 0 Å². The van der Waals surface area contributed by atoms with Gasteiger partial charge in [0.15, 0.2) is 0 Å². The Balaban J connectivity index is 1.94. The van der Waals surface area contributed by atoms with Crippen molar-refractivity contribution in [3.63, 3.8) is 0 Å². The second-order valence-electron chi connectivity index (χ2n) is 4.03. The number of nitrogens with one attached hydrogen (secondary N) is 2. The molecule has 92 valence electrons. The number of hydrogen-bond donors (Lipinski definition) is 2. The highest BCUT2D eigenvalue weighted by Crippen LogP contribution is 2.21. The fourth-order valence-electron chi connectivity index (χ4n) is 1.84. The average molecular weight is 301 g/mol. The number of rotatable bonds is 2. The number of likely N-dealkylation sites (tertiary alicyclic amines) is 1. The summed E-state index contributed by atoms with van der Waals surface area (Å²) in [6.07, 6.45) is 2.28. The van der Waals surface area contributed by atoms with Crippen LogP contribution in [-0.4, -0.2) is 40.0 Å². The molecular formula is C10H13BrN4O2. The van der Waals surface area contributed by atoms with Gasteiger partial charge in [0.2, 0.25) is 11.8 Å². The Bertz CT molecular complexity index is 445. The molecule has 17 heavy (non-hydrogen) atoms. The summed E-state index contributed by atoms with van der Waals surface area (Å²) in [5.74, 6) is 0.340. The van der Waals surface area contributed by atoms with E-state index in [-0.39, 0.29) is 17.7 Å². The van der Waals surface area contributed by atoms with Crippen LogP contribution >= 0.6 is 15.9 Å². The zero-order valence-corrected chi connectivity index (χ0v) is 11.0. The second-order valence-corrected chi connectivity index (χ2v) is 4.89. The maximum absolute atomic E-state index is 11.9. The summed E-state index contributed by atoms with van der Waals surface area (Å²) in [6, 6.07) is 0. The molecule has 0 bridgehead atoms. The molecule has 0 spiro atoms. The van der Waals surface area contributed by atoms with E-state index >= 15 is 0 Å². The first-order valence-electron chi connectivity index (χ1n) is 5.33. The molecule has 2 heterocycles. The second kappa shape index (κ2) is 4.87. The van der Waals surface area contributed by atoms with Gasteiger partial charge in [0.1, 0.15) is 5.82 Å². The van der Waals surface area contributed by atoms with E-state index in [1.54, 1.807) is 11.1 Å². The highest BCUT2D eigenvalue weighted by Gasteiger charge is 2.29. The van der Waals surface area contributed by atoms with E-state index in [4.69, 9.17) is 0 Å². The van der Waals surface area contributed by atoms with E-state index in [0.29, 0.717) is 29.8 Å². The standard InChI is InChI=1S/C10H13BrN4O2/c1-6(16)15-3-2-7(5-15)10(17)13-9-8(11)4-12-14-9/h4,7H,2-3,5H2,1H3,(H2,12,13,14,17). The van der Waals surface area contributed by atoms with Crippen LogP contribution in [-0.2, 0) is 9.59 Å². The van der Waals surface area contributed by atoms with Crippen molar-refractivity contribution in [3.8, 4) is 0 Å². The van der Waals surface area contributed by atoms with Crippen LogP contribution in [0.2, 0.25) is 0 Å². The molecule has 0 aromatic carbocycles. The molecule has 0 saturated carbocycles. The topological polar surface area (TPSA) is 78.1 Å². The molecule has 1 aromatic rings. The monoisotopic (exact) mass is 300 g/mol. The summed E-state index contributed by atoms with van der Waals surface area (Å²) in [5.41, 5.74) is 0. The SMILES string of the molecule is CC(=O)N1CCC(C(=O)Nc2[nH]ncc2Br)C1. The lowest BCUT2D eigenvalue weighted by Crippen LogP contribution is -2.29. The minimum atomic E-state index is -0.144. The van der Waals surface area contributed by atoms with Crippen LogP contribution in [0.15, 0.2) is 10.7 Å². The summed E-state index contributed by atoms with van der Waals surface area (Å²) in [5, 5.41) is 9.23. The lowest BCUT2D eigenvalue weighted by atomic mass is 10.1. The van der Waals surface area contributed by atoms with Gasteiger partial charge in [-0.2, -0.15) is 5.10 Å². The Kier molecular flexibility index (Phi) is 3.46. The number of carbonyl (C=O) groups is 2. The van der Waals surface area contributed by atoms with Gasteiger partial charge in [-0.1, -0.05) is 0 Å². The van der Waals surface area contributed by atoms with E-state index in [1.165, 1.54) is 6.92 Å². The number of H-pyrrole nitrogens is 1. The number of aromatic nitrogens is 2. The quantitative estimate of drug-likeness (QED) is 0.854. The number of aromatic amines is 1. The van der Waals surface area contributed by atoms with Crippen molar-refractivity contribution in [1.29, 1.82) is 0 Å². The highest BCUT2D eigenvalue weighted by molar-refractivity contribution is 9.10. The van der Waals surface area contributed by atoms with Crippen LogP contribution in [0, 0.1) is 5.92 Å². The number of carbonyl (C=O) groups excluding carboxylic acids is 2. The summed E-state index contributed by atoms with van der Waals surface area (Å²) in [4.78, 5) is 24.8. The number of amides is 2. The van der Waals surface area contributed by atoms with Crippen LogP contribution in [0.5, 0.6) is 0 Å². The van der Waals surface area contributed by atoms with Gasteiger partial charge in [-0.15, -0.1) is 0 Å². The molecule has 1 unspecified atom stereocenters. The lowest BCUT2D eigenvalue weighted by molar-refractivity contribution is -0.128. The molecule has 1 aliphatic heterocycles. The third kappa shape index (κ3) is 2.66. The van der Waals surface area contributed by atoms with E-state index in [0.717, 1.165) is 0 Å². The van der Waals surface area contributed by atoms with Crippen molar-refractivity contribution in [2.24, 2.45) is 5.92 Å². The summed E-state index contributed by atoms with van der Waals surface area (Å²) in [6.45, 7) is 2.66. The van der Waals surface area contributed by atoms with Gasteiger partial charge in [0.05, 0.1) is 16.6 Å². The normalized spacial score (nSPS) is 19.4. The van der Waals surface area contributed by atoms with Gasteiger partial charge in [-0.3, -0.25) is 14.7 Å². The molecule has 2 N–H and O–H groups in total. The highest BCUT2D eigenvalue weighted by atomic mass is 79.9. The Morgan fingerprint density at radius 1 is 1.65 bits per heavy atom. The third-order valence-corrected chi connectivity index (χ3v) is 3.45. The molecule has 1 atom stereocenters. The molecule has 0 aliphatic carbocycles. The van der Waals surface area contributed by atoms with Crippen LogP contribution < -0.4 is 5.32 Å². The first-order chi connectivity index (χ1) is 8.08.